The summed E-state index contributed by atoms with van der Waals surface area (Å²) in [4.78, 5) is 22.4. The van der Waals surface area contributed by atoms with Crippen LogP contribution in [0.2, 0.25) is 0 Å². The molecule has 0 spiro atoms. The van der Waals surface area contributed by atoms with Gasteiger partial charge in [-0.05, 0) is 31.0 Å². The Morgan fingerprint density at radius 1 is 1.24 bits per heavy atom. The summed E-state index contributed by atoms with van der Waals surface area (Å²) in [5.41, 5.74) is 1.54. The predicted octanol–water partition coefficient (Wildman–Crippen LogP) is 2.60. The minimum Gasteiger partial charge on any atom is -0.462 e. The number of ether oxygens (including phenoxy) is 1. The van der Waals surface area contributed by atoms with E-state index in [0.29, 0.717) is 25.0 Å². The molecule has 0 unspecified atom stereocenters. The molecule has 1 aromatic rings. The van der Waals surface area contributed by atoms with Gasteiger partial charge in [0.25, 0.3) is 0 Å². The van der Waals surface area contributed by atoms with E-state index in [1.807, 2.05) is 12.1 Å². The van der Waals surface area contributed by atoms with E-state index in [1.165, 1.54) is 0 Å². The minimum absolute atomic E-state index is 0.0288. The van der Waals surface area contributed by atoms with Crippen LogP contribution in [0, 0.1) is 0 Å². The molecular weight excluding hydrogens is 240 g/mol. The molecule has 0 saturated carbocycles. The lowest BCUT2D eigenvalue weighted by Gasteiger charge is -2.03. The van der Waals surface area contributed by atoms with E-state index in [-0.39, 0.29) is 17.6 Å². The first kappa shape index (κ1) is 13.7. The second-order valence-electron chi connectivity index (χ2n) is 3.59. The molecule has 4 heteroatoms. The molecule has 0 radical (unpaired) electrons. The number of alkyl halides is 1. The summed E-state index contributed by atoms with van der Waals surface area (Å²) < 4.78 is 4.87. The molecule has 0 heterocycles. The Kier molecular flexibility index (Phi) is 5.70. The molecular formula is C13H15ClO3. The zero-order valence-electron chi connectivity index (χ0n) is 9.74. The van der Waals surface area contributed by atoms with Crippen LogP contribution < -0.4 is 0 Å². The molecule has 92 valence electrons. The number of aryl methyl sites for hydroxylation is 1. The summed E-state index contributed by atoms with van der Waals surface area (Å²) in [6.45, 7) is 2.13. The van der Waals surface area contributed by atoms with Crippen molar-refractivity contribution in [2.45, 2.75) is 19.8 Å². The number of benzene rings is 1. The highest BCUT2D eigenvalue weighted by molar-refractivity contribution is 6.27. The monoisotopic (exact) mass is 254 g/mol. The van der Waals surface area contributed by atoms with Gasteiger partial charge in [-0.3, -0.25) is 4.79 Å². The maximum Gasteiger partial charge on any atom is 0.338 e. The highest BCUT2D eigenvalue weighted by Gasteiger charge is 2.06. The highest BCUT2D eigenvalue weighted by Crippen LogP contribution is 2.08. The van der Waals surface area contributed by atoms with Crippen molar-refractivity contribution in [3.05, 3.63) is 35.4 Å². The quantitative estimate of drug-likeness (QED) is 0.579. The van der Waals surface area contributed by atoms with E-state index in [2.05, 4.69) is 0 Å². The largest absolute Gasteiger partial charge is 0.462 e. The van der Waals surface area contributed by atoms with Gasteiger partial charge in [0.15, 0.2) is 0 Å². The van der Waals surface area contributed by atoms with Crippen molar-refractivity contribution in [1.82, 2.24) is 0 Å². The van der Waals surface area contributed by atoms with Crippen LogP contribution in [-0.2, 0) is 16.0 Å². The van der Waals surface area contributed by atoms with Gasteiger partial charge < -0.3 is 4.74 Å². The van der Waals surface area contributed by atoms with Crippen molar-refractivity contribution in [2.24, 2.45) is 0 Å². The topological polar surface area (TPSA) is 43.4 Å². The number of Topliss-reactive ketones (excluding diaryl/α,β-unsaturated/α-hetero) is 1. The molecule has 0 aliphatic heterocycles. The minimum atomic E-state index is -0.323. The molecule has 0 atom stereocenters. The summed E-state index contributed by atoms with van der Waals surface area (Å²) in [5.74, 6) is -0.238. The Labute approximate surface area is 106 Å². The number of hydrogen-bond donors (Lipinski definition) is 0. The van der Waals surface area contributed by atoms with Crippen LogP contribution in [0.15, 0.2) is 24.3 Å². The van der Waals surface area contributed by atoms with Crippen molar-refractivity contribution < 1.29 is 14.3 Å². The fourth-order valence-corrected chi connectivity index (χ4v) is 1.51. The molecule has 0 aliphatic rings. The predicted molar refractivity (Wildman–Crippen MR) is 66.4 cm³/mol. The molecule has 0 saturated heterocycles. The first-order valence-electron chi connectivity index (χ1n) is 5.51. The molecule has 0 aliphatic carbocycles. The number of halogens is 1. The third-order valence-electron chi connectivity index (χ3n) is 2.31. The molecule has 0 fully saturated rings. The number of ketones is 1. The van der Waals surface area contributed by atoms with E-state index < -0.39 is 0 Å². The molecule has 0 bridgehead atoms. The van der Waals surface area contributed by atoms with Crippen LogP contribution >= 0.6 is 11.6 Å². The van der Waals surface area contributed by atoms with Gasteiger partial charge in [0.2, 0.25) is 0 Å². The summed E-state index contributed by atoms with van der Waals surface area (Å²) in [5, 5.41) is 0. The van der Waals surface area contributed by atoms with Gasteiger partial charge in [-0.1, -0.05) is 12.1 Å². The number of carbonyl (C=O) groups excluding carboxylic acids is 2. The maximum atomic E-state index is 11.4. The van der Waals surface area contributed by atoms with E-state index in [9.17, 15) is 9.59 Å². The maximum absolute atomic E-state index is 11.4. The van der Waals surface area contributed by atoms with Gasteiger partial charge in [0, 0.05) is 6.42 Å². The number of rotatable bonds is 6. The standard InChI is InChI=1S/C13H15ClO3/c1-2-17-13(16)11-6-3-10(4-7-11)5-8-12(15)9-14/h3-4,6-7H,2,5,8-9H2,1H3. The van der Waals surface area contributed by atoms with Gasteiger partial charge >= 0.3 is 5.97 Å². The average molecular weight is 255 g/mol. The molecule has 1 aromatic carbocycles. The Morgan fingerprint density at radius 2 is 1.88 bits per heavy atom. The Morgan fingerprint density at radius 3 is 2.41 bits per heavy atom. The van der Waals surface area contributed by atoms with Gasteiger partial charge in [-0.15, -0.1) is 11.6 Å². The van der Waals surface area contributed by atoms with E-state index in [1.54, 1.807) is 19.1 Å². The van der Waals surface area contributed by atoms with Gasteiger partial charge in [0.05, 0.1) is 18.1 Å². The number of hydrogen-bond acceptors (Lipinski definition) is 3. The summed E-state index contributed by atoms with van der Waals surface area (Å²) >= 11 is 5.41. The fraction of sp³-hybridized carbons (Fsp3) is 0.385. The van der Waals surface area contributed by atoms with Gasteiger partial charge in [-0.25, -0.2) is 4.79 Å². The average Bonchev–Trinajstić information content (AvgIpc) is 2.36. The Hall–Kier alpha value is -1.35. The van der Waals surface area contributed by atoms with Crippen LogP contribution in [0.5, 0.6) is 0 Å². The molecule has 3 nitrogen and oxygen atoms in total. The Balaban J connectivity index is 2.56. The smallest absolute Gasteiger partial charge is 0.338 e. The normalized spacial score (nSPS) is 10.0. The second-order valence-corrected chi connectivity index (χ2v) is 3.86. The molecule has 17 heavy (non-hydrogen) atoms. The summed E-state index contributed by atoms with van der Waals surface area (Å²) in [6, 6.07) is 7.07. The fourth-order valence-electron chi connectivity index (χ4n) is 1.37. The van der Waals surface area contributed by atoms with Crippen molar-refractivity contribution in [1.29, 1.82) is 0 Å². The van der Waals surface area contributed by atoms with Crippen molar-refractivity contribution >= 4 is 23.4 Å². The van der Waals surface area contributed by atoms with Crippen LogP contribution in [-0.4, -0.2) is 24.2 Å². The number of esters is 1. The summed E-state index contributed by atoms with van der Waals surface area (Å²) in [7, 11) is 0. The lowest BCUT2D eigenvalue weighted by Crippen LogP contribution is -2.05. The van der Waals surface area contributed by atoms with Crippen LogP contribution in [0.25, 0.3) is 0 Å². The SMILES string of the molecule is CCOC(=O)c1ccc(CCC(=O)CCl)cc1. The van der Waals surface area contributed by atoms with Gasteiger partial charge in [0.1, 0.15) is 5.78 Å². The first-order chi connectivity index (χ1) is 8.17. The van der Waals surface area contributed by atoms with E-state index in [4.69, 9.17) is 16.3 Å². The third-order valence-corrected chi connectivity index (χ3v) is 2.60. The lowest BCUT2D eigenvalue weighted by molar-refractivity contribution is -0.116. The highest BCUT2D eigenvalue weighted by atomic mass is 35.5. The van der Waals surface area contributed by atoms with E-state index >= 15 is 0 Å². The van der Waals surface area contributed by atoms with Crippen LogP contribution in [0.4, 0.5) is 0 Å². The first-order valence-corrected chi connectivity index (χ1v) is 6.04. The van der Waals surface area contributed by atoms with Crippen molar-refractivity contribution in [3.63, 3.8) is 0 Å². The molecule has 0 aromatic heterocycles. The Bertz CT molecular complexity index is 384. The third kappa shape index (κ3) is 4.57. The van der Waals surface area contributed by atoms with Crippen molar-refractivity contribution in [2.75, 3.05) is 12.5 Å². The summed E-state index contributed by atoms with van der Waals surface area (Å²) in [6.07, 6.45) is 1.08. The zero-order chi connectivity index (χ0) is 12.7. The zero-order valence-corrected chi connectivity index (χ0v) is 10.5. The van der Waals surface area contributed by atoms with Crippen molar-refractivity contribution in [3.8, 4) is 0 Å². The second kappa shape index (κ2) is 7.07. The number of carbonyl (C=O) groups is 2. The van der Waals surface area contributed by atoms with Crippen LogP contribution in [0.3, 0.4) is 0 Å². The molecule has 0 amide bonds. The van der Waals surface area contributed by atoms with Gasteiger partial charge in [-0.2, -0.15) is 0 Å². The molecule has 0 N–H and O–H groups in total. The van der Waals surface area contributed by atoms with Crippen LogP contribution in [0.1, 0.15) is 29.3 Å². The van der Waals surface area contributed by atoms with E-state index in [0.717, 1.165) is 5.56 Å². The lowest BCUT2D eigenvalue weighted by atomic mass is 10.1. The molecule has 1 rings (SSSR count).